The average Bonchev–Trinajstić information content (AvgIpc) is 2.83. The van der Waals surface area contributed by atoms with Crippen LogP contribution in [0.2, 0.25) is 0 Å². The van der Waals surface area contributed by atoms with Gasteiger partial charge in [-0.2, -0.15) is 0 Å². The van der Waals surface area contributed by atoms with E-state index in [4.69, 9.17) is 0 Å². The van der Waals surface area contributed by atoms with Crippen LogP contribution in [-0.4, -0.2) is 17.0 Å². The topological polar surface area (TPSA) is 66.4 Å². The van der Waals surface area contributed by atoms with Gasteiger partial charge < -0.3 is 10.4 Å². The lowest BCUT2D eigenvalue weighted by atomic mass is 9.76. The lowest BCUT2D eigenvalue weighted by molar-refractivity contribution is 0.0696. The lowest BCUT2D eigenvalue weighted by Crippen LogP contribution is -2.22. The number of amides is 1. The number of carboxylic acids is 1. The van der Waals surface area contributed by atoms with Crippen LogP contribution in [0.4, 0.5) is 5.00 Å². The number of aryl methyl sites for hydroxylation is 1. The third kappa shape index (κ3) is 3.39. The number of benzene rings is 1. The van der Waals surface area contributed by atoms with E-state index in [9.17, 15) is 14.7 Å². The standard InChI is InChI=1S/C18H18BrNO3S/c1-18(2)8-7-13-12(9-18)14(17(22)23)16(24-13)20-15(21)10-3-5-11(19)6-4-10/h3-6H,7-9H2,1-2H3,(H,20,21)(H,22,23). The number of halogens is 1. The monoisotopic (exact) mass is 407 g/mol. The summed E-state index contributed by atoms with van der Waals surface area (Å²) in [4.78, 5) is 25.3. The van der Waals surface area contributed by atoms with E-state index in [0.717, 1.165) is 34.2 Å². The number of carbonyl (C=O) groups excluding carboxylic acids is 1. The highest BCUT2D eigenvalue weighted by atomic mass is 79.9. The Labute approximate surface area is 153 Å². The number of aromatic carboxylic acids is 1. The van der Waals surface area contributed by atoms with E-state index in [0.29, 0.717) is 10.6 Å². The maximum Gasteiger partial charge on any atom is 0.339 e. The molecule has 1 aromatic carbocycles. The Morgan fingerprint density at radius 2 is 1.92 bits per heavy atom. The Morgan fingerprint density at radius 1 is 1.25 bits per heavy atom. The van der Waals surface area contributed by atoms with Gasteiger partial charge in [0.1, 0.15) is 5.00 Å². The minimum absolute atomic E-state index is 0.0886. The van der Waals surface area contributed by atoms with Gasteiger partial charge in [-0.15, -0.1) is 11.3 Å². The first-order valence-corrected chi connectivity index (χ1v) is 9.32. The molecule has 24 heavy (non-hydrogen) atoms. The predicted molar refractivity (Wildman–Crippen MR) is 99.2 cm³/mol. The van der Waals surface area contributed by atoms with Crippen molar-refractivity contribution in [2.24, 2.45) is 5.41 Å². The molecule has 1 aliphatic carbocycles. The Morgan fingerprint density at radius 3 is 2.54 bits per heavy atom. The maximum atomic E-state index is 12.4. The molecule has 1 heterocycles. The molecule has 4 nitrogen and oxygen atoms in total. The number of fused-ring (bicyclic) bond motifs is 1. The second-order valence-corrected chi connectivity index (χ2v) is 8.84. The van der Waals surface area contributed by atoms with Crippen molar-refractivity contribution in [3.05, 3.63) is 50.3 Å². The molecule has 2 N–H and O–H groups in total. The van der Waals surface area contributed by atoms with Gasteiger partial charge in [-0.05, 0) is 54.5 Å². The third-order valence-electron chi connectivity index (χ3n) is 4.32. The van der Waals surface area contributed by atoms with Gasteiger partial charge in [0.05, 0.1) is 5.56 Å². The van der Waals surface area contributed by atoms with Crippen LogP contribution < -0.4 is 5.32 Å². The van der Waals surface area contributed by atoms with E-state index in [2.05, 4.69) is 35.1 Å². The zero-order valence-corrected chi connectivity index (χ0v) is 15.9. The van der Waals surface area contributed by atoms with Gasteiger partial charge >= 0.3 is 5.97 Å². The minimum Gasteiger partial charge on any atom is -0.478 e. The number of carboxylic acid groups (broad SMARTS) is 1. The quantitative estimate of drug-likeness (QED) is 0.753. The second-order valence-electron chi connectivity index (χ2n) is 6.82. The number of hydrogen-bond donors (Lipinski definition) is 2. The molecule has 0 unspecified atom stereocenters. The summed E-state index contributed by atoms with van der Waals surface area (Å²) in [5, 5.41) is 12.9. The minimum atomic E-state index is -0.976. The van der Waals surface area contributed by atoms with E-state index in [1.165, 1.54) is 11.3 Å². The van der Waals surface area contributed by atoms with Gasteiger partial charge in [-0.1, -0.05) is 29.8 Å². The molecule has 1 aromatic heterocycles. The summed E-state index contributed by atoms with van der Waals surface area (Å²) in [6.45, 7) is 4.30. The van der Waals surface area contributed by atoms with Crippen LogP contribution in [0, 0.1) is 5.41 Å². The fourth-order valence-corrected chi connectivity index (χ4v) is 4.48. The molecular formula is C18H18BrNO3S. The van der Waals surface area contributed by atoms with Gasteiger partial charge in [0.25, 0.3) is 5.91 Å². The fraction of sp³-hybridized carbons (Fsp3) is 0.333. The normalized spacial score (nSPS) is 15.6. The molecule has 0 fully saturated rings. The maximum absolute atomic E-state index is 12.4. The van der Waals surface area contributed by atoms with Crippen molar-refractivity contribution < 1.29 is 14.7 Å². The third-order valence-corrected chi connectivity index (χ3v) is 6.06. The molecule has 0 spiro atoms. The summed E-state index contributed by atoms with van der Waals surface area (Å²) in [6, 6.07) is 6.98. The first-order chi connectivity index (χ1) is 11.3. The molecule has 0 aliphatic heterocycles. The van der Waals surface area contributed by atoms with Crippen molar-refractivity contribution in [1.29, 1.82) is 0 Å². The fourth-order valence-electron chi connectivity index (χ4n) is 3.01. The van der Waals surface area contributed by atoms with Gasteiger partial charge in [0, 0.05) is 14.9 Å². The molecule has 0 atom stereocenters. The lowest BCUT2D eigenvalue weighted by Gasteiger charge is -2.29. The van der Waals surface area contributed by atoms with E-state index >= 15 is 0 Å². The van der Waals surface area contributed by atoms with E-state index in [-0.39, 0.29) is 16.9 Å². The molecule has 6 heteroatoms. The highest BCUT2D eigenvalue weighted by Crippen LogP contribution is 2.43. The van der Waals surface area contributed by atoms with Crippen LogP contribution in [0.5, 0.6) is 0 Å². The summed E-state index contributed by atoms with van der Waals surface area (Å²) in [5.74, 6) is -1.26. The summed E-state index contributed by atoms with van der Waals surface area (Å²) < 4.78 is 0.888. The Bertz CT molecular complexity index is 808. The van der Waals surface area contributed by atoms with Crippen LogP contribution in [0.3, 0.4) is 0 Å². The average molecular weight is 408 g/mol. The molecule has 0 radical (unpaired) electrons. The van der Waals surface area contributed by atoms with Crippen LogP contribution in [-0.2, 0) is 12.8 Å². The smallest absolute Gasteiger partial charge is 0.339 e. The van der Waals surface area contributed by atoms with Crippen LogP contribution >= 0.6 is 27.3 Å². The van der Waals surface area contributed by atoms with Gasteiger partial charge in [-0.3, -0.25) is 4.79 Å². The Kier molecular flexibility index (Phi) is 4.53. The number of carbonyl (C=O) groups is 2. The zero-order valence-electron chi connectivity index (χ0n) is 13.5. The largest absolute Gasteiger partial charge is 0.478 e. The molecule has 1 amide bonds. The van der Waals surface area contributed by atoms with Gasteiger partial charge in [0.2, 0.25) is 0 Å². The first kappa shape index (κ1) is 17.2. The molecule has 126 valence electrons. The number of rotatable bonds is 3. The number of hydrogen-bond acceptors (Lipinski definition) is 3. The van der Waals surface area contributed by atoms with Crippen LogP contribution in [0.1, 0.15) is 51.4 Å². The number of thiophene rings is 1. The van der Waals surface area contributed by atoms with Crippen molar-refractivity contribution in [2.75, 3.05) is 5.32 Å². The highest BCUT2D eigenvalue weighted by Gasteiger charge is 2.33. The Hall–Kier alpha value is -1.66. The Balaban J connectivity index is 1.94. The van der Waals surface area contributed by atoms with Gasteiger partial charge in [0.15, 0.2) is 0 Å². The van der Waals surface area contributed by atoms with Gasteiger partial charge in [-0.25, -0.2) is 4.79 Å². The molecule has 1 aliphatic rings. The van der Waals surface area contributed by atoms with E-state index in [1.807, 2.05) is 0 Å². The van der Waals surface area contributed by atoms with Crippen molar-refractivity contribution in [3.63, 3.8) is 0 Å². The number of nitrogens with one attached hydrogen (secondary N) is 1. The molecule has 3 rings (SSSR count). The van der Waals surface area contributed by atoms with E-state index < -0.39 is 5.97 Å². The second kappa shape index (κ2) is 6.33. The molecule has 2 aromatic rings. The number of anilines is 1. The summed E-state index contributed by atoms with van der Waals surface area (Å²) >= 11 is 4.73. The molecule has 0 saturated heterocycles. The van der Waals surface area contributed by atoms with Crippen molar-refractivity contribution >= 4 is 44.1 Å². The van der Waals surface area contributed by atoms with Crippen molar-refractivity contribution in [1.82, 2.24) is 0 Å². The summed E-state index contributed by atoms with van der Waals surface area (Å²) in [5.41, 5.74) is 1.73. The molecule has 0 bridgehead atoms. The first-order valence-electron chi connectivity index (χ1n) is 7.71. The molecule has 0 saturated carbocycles. The SMILES string of the molecule is CC1(C)CCc2sc(NC(=O)c3ccc(Br)cc3)c(C(=O)O)c2C1. The summed E-state index contributed by atoms with van der Waals surface area (Å²) in [7, 11) is 0. The molecular weight excluding hydrogens is 390 g/mol. The van der Waals surface area contributed by atoms with E-state index in [1.54, 1.807) is 24.3 Å². The van der Waals surface area contributed by atoms with Crippen molar-refractivity contribution in [2.45, 2.75) is 33.1 Å². The van der Waals surface area contributed by atoms with Crippen molar-refractivity contribution in [3.8, 4) is 0 Å². The predicted octanol–water partition coefficient (Wildman–Crippen LogP) is 4.98. The zero-order chi connectivity index (χ0) is 17.5. The highest BCUT2D eigenvalue weighted by molar-refractivity contribution is 9.10. The van der Waals surface area contributed by atoms with Crippen LogP contribution in [0.15, 0.2) is 28.7 Å². The van der Waals surface area contributed by atoms with Crippen LogP contribution in [0.25, 0.3) is 0 Å². The summed E-state index contributed by atoms with van der Waals surface area (Å²) in [6.07, 6.45) is 2.62.